The number of halogens is 1. The topological polar surface area (TPSA) is 89.1 Å². The van der Waals surface area contributed by atoms with Gasteiger partial charge in [-0.2, -0.15) is 5.10 Å². The first kappa shape index (κ1) is 19.5. The van der Waals surface area contributed by atoms with Gasteiger partial charge >= 0.3 is 0 Å². The lowest BCUT2D eigenvalue weighted by atomic mass is 9.93. The van der Waals surface area contributed by atoms with Crippen LogP contribution in [0.1, 0.15) is 34.6 Å². The second-order valence-corrected chi connectivity index (χ2v) is 8.37. The maximum atomic E-state index is 13.2. The predicted octanol–water partition coefficient (Wildman–Crippen LogP) is 3.40. The summed E-state index contributed by atoms with van der Waals surface area (Å²) < 4.78 is 15.0. The maximum absolute atomic E-state index is 13.2. The minimum atomic E-state index is -0.550. The number of anilines is 2. The number of piperidine rings is 1. The van der Waals surface area contributed by atoms with Crippen LogP contribution in [-0.2, 0) is 6.54 Å². The molecule has 29 heavy (non-hydrogen) atoms. The van der Waals surface area contributed by atoms with Crippen molar-refractivity contribution in [1.29, 1.82) is 0 Å². The number of thiazole rings is 1. The fourth-order valence-electron chi connectivity index (χ4n) is 3.65. The molecule has 152 valence electrons. The minimum absolute atomic E-state index is 0.124. The number of hydrogen-bond donors (Lipinski definition) is 2. The van der Waals surface area contributed by atoms with Gasteiger partial charge in [-0.1, -0.05) is 6.92 Å². The highest BCUT2D eigenvalue weighted by molar-refractivity contribution is 7.09. The van der Waals surface area contributed by atoms with Crippen LogP contribution in [0.3, 0.4) is 0 Å². The van der Waals surface area contributed by atoms with Crippen LogP contribution in [0.2, 0.25) is 0 Å². The molecule has 1 fully saturated rings. The highest BCUT2D eigenvalue weighted by Gasteiger charge is 2.30. The number of nitrogens with zero attached hydrogens (tertiary/aromatic N) is 4. The standard InChI is InChI=1S/C20H23FN6OS/c1-13-6-7-26(9-16-8-23-12-29-16)11-18(13)27-10-17(19(22)28)20(25-27)24-15-4-2-14(21)3-5-15/h2-5,8,10,12-13,18H,6-7,9,11H2,1H3,(H2,22,28)(H,24,25)/t13-,18-/m1/s1. The van der Waals surface area contributed by atoms with Gasteiger partial charge in [0.2, 0.25) is 0 Å². The predicted molar refractivity (Wildman–Crippen MR) is 111 cm³/mol. The zero-order valence-corrected chi connectivity index (χ0v) is 16.9. The molecule has 0 aliphatic carbocycles. The van der Waals surface area contributed by atoms with Gasteiger partial charge in [-0.15, -0.1) is 11.3 Å². The number of nitrogens with one attached hydrogen (secondary N) is 1. The van der Waals surface area contributed by atoms with Gasteiger partial charge in [-0.05, 0) is 43.1 Å². The number of hydrogen-bond acceptors (Lipinski definition) is 6. The summed E-state index contributed by atoms with van der Waals surface area (Å²) in [6.45, 7) is 4.90. The molecule has 1 aliphatic rings. The first-order valence-electron chi connectivity index (χ1n) is 9.51. The van der Waals surface area contributed by atoms with E-state index in [0.29, 0.717) is 23.0 Å². The van der Waals surface area contributed by atoms with Crippen LogP contribution in [0.15, 0.2) is 42.2 Å². The summed E-state index contributed by atoms with van der Waals surface area (Å²) in [5, 5.41) is 7.71. The molecule has 0 bridgehead atoms. The minimum Gasteiger partial charge on any atom is -0.365 e. The molecular formula is C20H23FN6OS. The van der Waals surface area contributed by atoms with Crippen molar-refractivity contribution in [2.45, 2.75) is 25.9 Å². The van der Waals surface area contributed by atoms with Crippen LogP contribution in [-0.4, -0.2) is 38.7 Å². The van der Waals surface area contributed by atoms with Crippen LogP contribution < -0.4 is 11.1 Å². The van der Waals surface area contributed by atoms with E-state index < -0.39 is 5.91 Å². The summed E-state index contributed by atoms with van der Waals surface area (Å²) in [6.07, 6.45) is 4.66. The third-order valence-corrected chi connectivity index (χ3v) is 6.07. The summed E-state index contributed by atoms with van der Waals surface area (Å²) in [5.41, 5.74) is 8.39. The second kappa shape index (κ2) is 8.30. The number of amides is 1. The van der Waals surface area contributed by atoms with Crippen molar-refractivity contribution in [2.24, 2.45) is 11.7 Å². The van der Waals surface area contributed by atoms with Crippen LogP contribution in [0.4, 0.5) is 15.9 Å². The van der Waals surface area contributed by atoms with E-state index in [4.69, 9.17) is 5.73 Å². The zero-order chi connectivity index (χ0) is 20.4. The first-order chi connectivity index (χ1) is 14.0. The van der Waals surface area contributed by atoms with Gasteiger partial charge in [-0.25, -0.2) is 4.39 Å². The fraction of sp³-hybridized carbons (Fsp3) is 0.350. The monoisotopic (exact) mass is 414 g/mol. The van der Waals surface area contributed by atoms with Crippen molar-refractivity contribution < 1.29 is 9.18 Å². The largest absolute Gasteiger partial charge is 0.365 e. The molecule has 7 nitrogen and oxygen atoms in total. The second-order valence-electron chi connectivity index (χ2n) is 7.40. The highest BCUT2D eigenvalue weighted by Crippen LogP contribution is 2.30. The van der Waals surface area contributed by atoms with Crippen LogP contribution >= 0.6 is 11.3 Å². The van der Waals surface area contributed by atoms with Crippen LogP contribution in [0.25, 0.3) is 0 Å². The number of benzene rings is 1. The Bertz CT molecular complexity index is 972. The normalized spacial score (nSPS) is 19.9. The fourth-order valence-corrected chi connectivity index (χ4v) is 4.28. The molecule has 0 saturated carbocycles. The molecule has 2 atom stereocenters. The van der Waals surface area contributed by atoms with E-state index in [-0.39, 0.29) is 11.9 Å². The first-order valence-corrected chi connectivity index (χ1v) is 10.4. The van der Waals surface area contributed by atoms with Crippen molar-refractivity contribution in [1.82, 2.24) is 19.7 Å². The molecule has 1 aromatic carbocycles. The summed E-state index contributed by atoms with van der Waals surface area (Å²) in [5.74, 6) is -0.0815. The van der Waals surface area contributed by atoms with Gasteiger partial charge in [-0.3, -0.25) is 19.4 Å². The number of primary amides is 1. The van der Waals surface area contributed by atoms with E-state index in [1.54, 1.807) is 29.7 Å². The molecule has 3 N–H and O–H groups in total. The van der Waals surface area contributed by atoms with Crippen LogP contribution in [0, 0.1) is 11.7 Å². The van der Waals surface area contributed by atoms with Gasteiger partial charge in [0.25, 0.3) is 5.91 Å². The maximum Gasteiger partial charge on any atom is 0.254 e. The number of aromatic nitrogens is 3. The Morgan fingerprint density at radius 1 is 1.38 bits per heavy atom. The summed E-state index contributed by atoms with van der Waals surface area (Å²) in [6, 6.07) is 6.02. The lowest BCUT2D eigenvalue weighted by molar-refractivity contribution is 0.0999. The van der Waals surface area contributed by atoms with E-state index in [1.165, 1.54) is 17.0 Å². The van der Waals surface area contributed by atoms with E-state index in [9.17, 15) is 9.18 Å². The number of carbonyl (C=O) groups excluding carboxylic acids is 1. The number of carbonyl (C=O) groups is 1. The lowest BCUT2D eigenvalue weighted by Gasteiger charge is -2.36. The third kappa shape index (κ3) is 4.46. The Balaban J connectivity index is 1.56. The van der Waals surface area contributed by atoms with E-state index in [1.807, 2.05) is 16.4 Å². The van der Waals surface area contributed by atoms with Gasteiger partial charge in [0.05, 0.1) is 11.6 Å². The Kier molecular flexibility index (Phi) is 5.59. The summed E-state index contributed by atoms with van der Waals surface area (Å²) in [7, 11) is 0. The van der Waals surface area contributed by atoms with Crippen molar-refractivity contribution in [3.05, 3.63) is 58.4 Å². The van der Waals surface area contributed by atoms with Gasteiger partial charge in [0.1, 0.15) is 11.4 Å². The smallest absolute Gasteiger partial charge is 0.254 e. The average molecular weight is 415 g/mol. The van der Waals surface area contributed by atoms with E-state index in [2.05, 4.69) is 27.2 Å². The van der Waals surface area contributed by atoms with Crippen molar-refractivity contribution in [3.8, 4) is 0 Å². The Labute approximate surface area is 172 Å². The number of likely N-dealkylation sites (tertiary alicyclic amines) is 1. The van der Waals surface area contributed by atoms with Gasteiger partial charge in [0.15, 0.2) is 5.82 Å². The number of rotatable bonds is 6. The molecule has 3 heterocycles. The Morgan fingerprint density at radius 3 is 2.86 bits per heavy atom. The molecule has 1 aliphatic heterocycles. The molecule has 1 saturated heterocycles. The summed E-state index contributed by atoms with van der Waals surface area (Å²) in [4.78, 5) is 19.7. The van der Waals surface area contributed by atoms with Crippen molar-refractivity contribution >= 4 is 28.7 Å². The lowest BCUT2D eigenvalue weighted by Crippen LogP contribution is -2.40. The van der Waals surface area contributed by atoms with E-state index >= 15 is 0 Å². The van der Waals surface area contributed by atoms with E-state index in [0.717, 1.165) is 26.1 Å². The van der Waals surface area contributed by atoms with Crippen LogP contribution in [0.5, 0.6) is 0 Å². The zero-order valence-electron chi connectivity index (χ0n) is 16.1. The summed E-state index contributed by atoms with van der Waals surface area (Å²) >= 11 is 1.65. The molecule has 3 aromatic rings. The Hall–Kier alpha value is -2.78. The quantitative estimate of drug-likeness (QED) is 0.645. The molecule has 4 rings (SSSR count). The SMILES string of the molecule is C[C@@H]1CCN(Cc2cncs2)C[C@H]1n1cc(C(N)=O)c(Nc2ccc(F)cc2)n1. The highest BCUT2D eigenvalue weighted by atomic mass is 32.1. The van der Waals surface area contributed by atoms with Gasteiger partial charge < -0.3 is 11.1 Å². The molecular weight excluding hydrogens is 391 g/mol. The van der Waals surface area contributed by atoms with Gasteiger partial charge in [0, 0.05) is 36.0 Å². The number of nitrogens with two attached hydrogens (primary N) is 1. The Morgan fingerprint density at radius 2 is 2.17 bits per heavy atom. The average Bonchev–Trinajstić information content (AvgIpc) is 3.35. The third-order valence-electron chi connectivity index (χ3n) is 5.31. The molecule has 0 unspecified atom stereocenters. The van der Waals surface area contributed by atoms with Crippen molar-refractivity contribution in [2.75, 3.05) is 18.4 Å². The van der Waals surface area contributed by atoms with Crippen molar-refractivity contribution in [3.63, 3.8) is 0 Å². The molecule has 0 radical (unpaired) electrons. The molecule has 9 heteroatoms. The molecule has 2 aromatic heterocycles. The molecule has 0 spiro atoms. The molecule has 1 amide bonds.